The Labute approximate surface area is 158 Å². The van der Waals surface area contributed by atoms with Crippen LogP contribution in [0.15, 0.2) is 34.2 Å². The third-order valence-corrected chi connectivity index (χ3v) is 7.01. The van der Waals surface area contributed by atoms with Crippen LogP contribution in [0.1, 0.15) is 39.2 Å². The zero-order valence-corrected chi connectivity index (χ0v) is 16.0. The molecule has 5 nitrogen and oxygen atoms in total. The number of aromatic carboxylic acids is 1. The van der Waals surface area contributed by atoms with Gasteiger partial charge in [0.25, 0.3) is 5.56 Å². The lowest BCUT2D eigenvalue weighted by atomic mass is 9.97. The highest BCUT2D eigenvalue weighted by atomic mass is 32.2. The first-order valence-electron chi connectivity index (χ1n) is 8.51. The Hall–Kier alpha value is -2.12. The molecular weight excluding hydrogens is 368 g/mol. The van der Waals surface area contributed by atoms with Crippen LogP contribution in [0.3, 0.4) is 0 Å². The van der Waals surface area contributed by atoms with E-state index in [0.717, 1.165) is 35.0 Å². The fourth-order valence-electron chi connectivity index (χ4n) is 3.29. The lowest BCUT2D eigenvalue weighted by molar-refractivity contribution is 0.0697. The first kappa shape index (κ1) is 17.3. The summed E-state index contributed by atoms with van der Waals surface area (Å²) in [6, 6.07) is 6.80. The normalized spacial score (nSPS) is 13.7. The van der Waals surface area contributed by atoms with Crippen molar-refractivity contribution in [2.24, 2.45) is 7.05 Å². The number of benzene rings is 1. The van der Waals surface area contributed by atoms with E-state index in [1.165, 1.54) is 28.6 Å². The van der Waals surface area contributed by atoms with Crippen molar-refractivity contribution >= 4 is 39.3 Å². The summed E-state index contributed by atoms with van der Waals surface area (Å²) in [5, 5.41) is 10.5. The van der Waals surface area contributed by atoms with Crippen LogP contribution in [0.4, 0.5) is 0 Å². The maximum absolute atomic E-state index is 12.9. The monoisotopic (exact) mass is 386 g/mol. The largest absolute Gasteiger partial charge is 0.478 e. The zero-order chi connectivity index (χ0) is 18.3. The number of fused-ring (bicyclic) bond motifs is 3. The second-order valence-electron chi connectivity index (χ2n) is 6.44. The molecule has 1 N–H and O–H groups in total. The first-order chi connectivity index (χ1) is 12.5. The molecule has 0 bridgehead atoms. The number of aromatic nitrogens is 2. The number of carboxylic acids is 1. The standard InChI is InChI=1S/C19H18N2O3S2/c1-21-17(22)15-13-4-2-3-5-14(13)26-16(15)20-19(21)25-10-11-6-8-12(9-7-11)18(23)24/h6-9H,2-5,10H2,1H3,(H,23,24). The van der Waals surface area contributed by atoms with Gasteiger partial charge < -0.3 is 5.11 Å². The van der Waals surface area contributed by atoms with E-state index in [1.54, 1.807) is 47.2 Å². The second kappa shape index (κ2) is 6.89. The van der Waals surface area contributed by atoms with Crippen LogP contribution in [0, 0.1) is 0 Å². The van der Waals surface area contributed by atoms with Crippen LogP contribution < -0.4 is 5.56 Å². The molecule has 0 unspecified atom stereocenters. The Morgan fingerprint density at radius 1 is 1.27 bits per heavy atom. The molecule has 0 spiro atoms. The number of carbonyl (C=O) groups is 1. The number of hydrogen-bond acceptors (Lipinski definition) is 5. The summed E-state index contributed by atoms with van der Waals surface area (Å²) in [6.45, 7) is 0. The Morgan fingerprint density at radius 2 is 2.00 bits per heavy atom. The molecule has 0 radical (unpaired) electrons. The number of carboxylic acid groups (broad SMARTS) is 1. The van der Waals surface area contributed by atoms with Gasteiger partial charge in [-0.25, -0.2) is 9.78 Å². The summed E-state index contributed by atoms with van der Waals surface area (Å²) in [5.41, 5.74) is 2.53. The van der Waals surface area contributed by atoms with Crippen molar-refractivity contribution < 1.29 is 9.90 Å². The fraction of sp³-hybridized carbons (Fsp3) is 0.316. The second-order valence-corrected chi connectivity index (χ2v) is 8.47. The molecule has 1 aliphatic carbocycles. The number of hydrogen-bond donors (Lipinski definition) is 1. The van der Waals surface area contributed by atoms with Gasteiger partial charge in [0, 0.05) is 17.7 Å². The summed E-state index contributed by atoms with van der Waals surface area (Å²) in [4.78, 5) is 30.7. The van der Waals surface area contributed by atoms with Gasteiger partial charge in [0.2, 0.25) is 0 Å². The molecule has 134 valence electrons. The van der Waals surface area contributed by atoms with Gasteiger partial charge in [-0.3, -0.25) is 9.36 Å². The van der Waals surface area contributed by atoms with E-state index in [4.69, 9.17) is 10.1 Å². The lowest BCUT2D eigenvalue weighted by Gasteiger charge is -2.11. The van der Waals surface area contributed by atoms with Gasteiger partial charge >= 0.3 is 5.97 Å². The molecule has 0 atom stereocenters. The van der Waals surface area contributed by atoms with Crippen LogP contribution in [0.2, 0.25) is 0 Å². The maximum atomic E-state index is 12.9. The highest BCUT2D eigenvalue weighted by Gasteiger charge is 2.21. The fourth-order valence-corrected chi connectivity index (χ4v) is 5.52. The van der Waals surface area contributed by atoms with E-state index in [0.29, 0.717) is 10.9 Å². The number of thioether (sulfide) groups is 1. The summed E-state index contributed by atoms with van der Waals surface area (Å²) in [5.74, 6) is -0.295. The Morgan fingerprint density at radius 3 is 2.73 bits per heavy atom. The number of aryl methyl sites for hydroxylation is 2. The van der Waals surface area contributed by atoms with Crippen LogP contribution in [-0.2, 0) is 25.6 Å². The van der Waals surface area contributed by atoms with Gasteiger partial charge in [-0.05, 0) is 48.9 Å². The molecule has 1 aromatic carbocycles. The average Bonchev–Trinajstić information content (AvgIpc) is 3.02. The molecule has 0 amide bonds. The van der Waals surface area contributed by atoms with Crippen molar-refractivity contribution in [3.05, 3.63) is 56.2 Å². The molecule has 26 heavy (non-hydrogen) atoms. The van der Waals surface area contributed by atoms with E-state index in [9.17, 15) is 9.59 Å². The Balaban J connectivity index is 1.63. The van der Waals surface area contributed by atoms with E-state index in [-0.39, 0.29) is 11.1 Å². The molecule has 0 saturated heterocycles. The SMILES string of the molecule is Cn1c(SCc2ccc(C(=O)O)cc2)nc2sc3c(c2c1=O)CCCC3. The van der Waals surface area contributed by atoms with E-state index < -0.39 is 5.97 Å². The van der Waals surface area contributed by atoms with E-state index >= 15 is 0 Å². The van der Waals surface area contributed by atoms with Crippen molar-refractivity contribution in [2.45, 2.75) is 36.6 Å². The molecule has 1 aliphatic rings. The molecule has 3 aromatic rings. The minimum atomic E-state index is -0.930. The minimum absolute atomic E-state index is 0.0399. The number of nitrogens with zero attached hydrogens (tertiary/aromatic N) is 2. The molecule has 0 saturated carbocycles. The maximum Gasteiger partial charge on any atom is 0.335 e. The summed E-state index contributed by atoms with van der Waals surface area (Å²) < 4.78 is 1.64. The van der Waals surface area contributed by atoms with Crippen molar-refractivity contribution in [3.63, 3.8) is 0 Å². The lowest BCUT2D eigenvalue weighted by Crippen LogP contribution is -2.20. The van der Waals surface area contributed by atoms with E-state index in [2.05, 4.69) is 0 Å². The predicted molar refractivity (Wildman–Crippen MR) is 104 cm³/mol. The molecule has 2 heterocycles. The third-order valence-electron chi connectivity index (χ3n) is 4.72. The number of rotatable bonds is 4. The molecule has 0 aliphatic heterocycles. The molecule has 4 rings (SSSR count). The zero-order valence-electron chi connectivity index (χ0n) is 14.3. The van der Waals surface area contributed by atoms with Crippen molar-refractivity contribution in [3.8, 4) is 0 Å². The summed E-state index contributed by atoms with van der Waals surface area (Å²) >= 11 is 3.16. The van der Waals surface area contributed by atoms with Crippen molar-refractivity contribution in [1.82, 2.24) is 9.55 Å². The van der Waals surface area contributed by atoms with Crippen molar-refractivity contribution in [2.75, 3.05) is 0 Å². The minimum Gasteiger partial charge on any atom is -0.478 e. The van der Waals surface area contributed by atoms with Gasteiger partial charge in [-0.2, -0.15) is 0 Å². The van der Waals surface area contributed by atoms with Crippen LogP contribution >= 0.6 is 23.1 Å². The molecule has 0 fully saturated rings. The molecular formula is C19H18N2O3S2. The summed E-state index contributed by atoms with van der Waals surface area (Å²) in [6.07, 6.45) is 4.37. The smallest absolute Gasteiger partial charge is 0.335 e. The van der Waals surface area contributed by atoms with Gasteiger partial charge in [0.15, 0.2) is 5.16 Å². The van der Waals surface area contributed by atoms with Gasteiger partial charge in [-0.1, -0.05) is 23.9 Å². The first-order valence-corrected chi connectivity index (χ1v) is 10.3. The topological polar surface area (TPSA) is 72.2 Å². The average molecular weight is 386 g/mol. The quantitative estimate of drug-likeness (QED) is 0.544. The highest BCUT2D eigenvalue weighted by molar-refractivity contribution is 7.98. The third kappa shape index (κ3) is 3.05. The number of thiophene rings is 1. The van der Waals surface area contributed by atoms with Crippen LogP contribution in [-0.4, -0.2) is 20.6 Å². The molecule has 7 heteroatoms. The Bertz CT molecular complexity index is 1050. The highest BCUT2D eigenvalue weighted by Crippen LogP contribution is 2.34. The van der Waals surface area contributed by atoms with E-state index in [1.807, 2.05) is 0 Å². The van der Waals surface area contributed by atoms with Crippen LogP contribution in [0.25, 0.3) is 10.2 Å². The van der Waals surface area contributed by atoms with Gasteiger partial charge in [-0.15, -0.1) is 11.3 Å². The van der Waals surface area contributed by atoms with Crippen molar-refractivity contribution in [1.29, 1.82) is 0 Å². The summed E-state index contributed by atoms with van der Waals surface area (Å²) in [7, 11) is 1.78. The van der Waals surface area contributed by atoms with Gasteiger partial charge in [0.05, 0.1) is 10.9 Å². The molecule has 2 aromatic heterocycles. The van der Waals surface area contributed by atoms with Gasteiger partial charge in [0.1, 0.15) is 4.83 Å². The Kier molecular flexibility index (Phi) is 4.58. The predicted octanol–water partition coefficient (Wildman–Crippen LogP) is 3.86. The van der Waals surface area contributed by atoms with Crippen LogP contribution in [0.5, 0.6) is 0 Å².